The summed E-state index contributed by atoms with van der Waals surface area (Å²) in [5.74, 6) is -0.0893. The molecular weight excluding hydrogens is 264 g/mol. The van der Waals surface area contributed by atoms with Gasteiger partial charge in [-0.15, -0.1) is 0 Å². The van der Waals surface area contributed by atoms with Crippen molar-refractivity contribution >= 4 is 38.4 Å². The summed E-state index contributed by atoms with van der Waals surface area (Å²) in [6.45, 7) is 0. The summed E-state index contributed by atoms with van der Waals surface area (Å²) in [6.07, 6.45) is 0. The zero-order valence-corrected chi connectivity index (χ0v) is 10.7. The van der Waals surface area contributed by atoms with Crippen molar-refractivity contribution in [1.82, 2.24) is 0 Å². The number of methoxy groups -OCH3 is 2. The predicted octanol–water partition coefficient (Wildman–Crippen LogP) is 3.02. The van der Waals surface area contributed by atoms with Gasteiger partial charge in [0.15, 0.2) is 4.70 Å². The largest absolute Gasteiger partial charge is 0.590 e. The number of ether oxygens (including phenoxy) is 2. The number of halogens is 1. The maximum Gasteiger partial charge on any atom is 0.393 e. The molecule has 1 aromatic heterocycles. The Balaban J connectivity index is 2.75. The highest BCUT2D eigenvalue weighted by atomic mass is 35.5. The molecule has 0 bridgehead atoms. The highest BCUT2D eigenvalue weighted by Crippen LogP contribution is 2.42. The van der Waals surface area contributed by atoms with Gasteiger partial charge in [0.1, 0.15) is 10.8 Å². The Bertz CT molecular complexity index is 591. The van der Waals surface area contributed by atoms with E-state index in [2.05, 4.69) is 4.74 Å². The second-order valence-corrected chi connectivity index (χ2v) is 5.03. The number of carbonyl (C=O) groups is 1. The molecule has 4 nitrogen and oxygen atoms in total. The lowest BCUT2D eigenvalue weighted by molar-refractivity contribution is 0.0605. The first-order chi connectivity index (χ1) is 8.10. The van der Waals surface area contributed by atoms with Crippen molar-refractivity contribution in [3.05, 3.63) is 28.1 Å². The van der Waals surface area contributed by atoms with Crippen LogP contribution in [0.4, 0.5) is 0 Å². The number of fused-ring (bicyclic) bond motifs is 1. The van der Waals surface area contributed by atoms with E-state index in [9.17, 15) is 9.35 Å². The van der Waals surface area contributed by atoms with Gasteiger partial charge in [-0.25, -0.2) is 4.79 Å². The first kappa shape index (κ1) is 12.2. The third-order valence-corrected chi connectivity index (χ3v) is 4.38. The molecule has 0 aliphatic carbocycles. The number of esters is 1. The molecule has 6 heteroatoms. The molecule has 90 valence electrons. The number of hydrogen-bond acceptors (Lipinski definition) is 4. The zero-order chi connectivity index (χ0) is 12.6. The molecule has 2 aromatic rings. The Kier molecular flexibility index (Phi) is 3.24. The van der Waals surface area contributed by atoms with Gasteiger partial charge in [-0.3, -0.25) is 0 Å². The molecule has 0 spiro atoms. The monoisotopic (exact) mass is 272 g/mol. The fourth-order valence-electron chi connectivity index (χ4n) is 1.54. The van der Waals surface area contributed by atoms with Gasteiger partial charge in [-0.1, -0.05) is 11.6 Å². The van der Waals surface area contributed by atoms with Gasteiger partial charge < -0.3 is 14.0 Å². The Hall–Kier alpha value is -1.30. The highest BCUT2D eigenvalue weighted by Gasteiger charge is 2.28. The van der Waals surface area contributed by atoms with E-state index in [0.29, 0.717) is 15.8 Å². The van der Waals surface area contributed by atoms with Crippen LogP contribution in [0, 0.1) is 0 Å². The first-order valence-corrected chi connectivity index (χ1v) is 6.21. The van der Waals surface area contributed by atoms with Gasteiger partial charge in [0.2, 0.25) is 0 Å². The van der Waals surface area contributed by atoms with Gasteiger partial charge in [0, 0.05) is 6.07 Å². The van der Waals surface area contributed by atoms with E-state index >= 15 is 0 Å². The summed E-state index contributed by atoms with van der Waals surface area (Å²) in [5.41, 5.74) is 0. The van der Waals surface area contributed by atoms with Crippen molar-refractivity contribution in [2.45, 2.75) is 0 Å². The van der Waals surface area contributed by atoms with Crippen LogP contribution in [0.2, 0.25) is 5.02 Å². The number of carbonyl (C=O) groups excluding carboxylic acids is 1. The third kappa shape index (κ3) is 1.86. The van der Waals surface area contributed by atoms with E-state index in [-0.39, 0.29) is 9.90 Å². The Morgan fingerprint density at radius 2 is 2.12 bits per heavy atom. The van der Waals surface area contributed by atoms with Crippen molar-refractivity contribution < 1.29 is 18.8 Å². The average Bonchev–Trinajstić information content (AvgIpc) is 2.60. The molecular formula is C11H9ClO4S. The molecule has 17 heavy (non-hydrogen) atoms. The SMILES string of the molecule is COC(=O)c1c(Cl)c2cc(OC)ccc2[s+]1[O-]. The molecule has 0 aliphatic rings. The van der Waals surface area contributed by atoms with E-state index in [0.717, 1.165) is 0 Å². The van der Waals surface area contributed by atoms with E-state index in [4.69, 9.17) is 16.3 Å². The normalized spacial score (nSPS) is 11.6. The van der Waals surface area contributed by atoms with Crippen LogP contribution in [0.15, 0.2) is 18.2 Å². The van der Waals surface area contributed by atoms with Gasteiger partial charge >= 0.3 is 5.97 Å². The lowest BCUT2D eigenvalue weighted by Crippen LogP contribution is -1.99. The van der Waals surface area contributed by atoms with Crippen LogP contribution in [0.3, 0.4) is 0 Å². The zero-order valence-electron chi connectivity index (χ0n) is 9.15. The fourth-order valence-corrected chi connectivity index (χ4v) is 3.32. The van der Waals surface area contributed by atoms with Crippen LogP contribution in [-0.2, 0) is 4.74 Å². The molecule has 1 atom stereocenters. The molecule has 0 radical (unpaired) electrons. The molecule has 1 aromatic carbocycles. The smallest absolute Gasteiger partial charge is 0.393 e. The minimum absolute atomic E-state index is 0.0163. The van der Waals surface area contributed by atoms with Gasteiger partial charge in [0.05, 0.1) is 19.6 Å². The van der Waals surface area contributed by atoms with Crippen molar-refractivity contribution in [1.29, 1.82) is 0 Å². The number of rotatable bonds is 2. The first-order valence-electron chi connectivity index (χ1n) is 4.68. The van der Waals surface area contributed by atoms with Crippen molar-refractivity contribution in [2.24, 2.45) is 0 Å². The second-order valence-electron chi connectivity index (χ2n) is 3.27. The lowest BCUT2D eigenvalue weighted by Gasteiger charge is -1.97. The fraction of sp³-hybridized carbons (Fsp3) is 0.182. The Labute approximate surface area is 106 Å². The summed E-state index contributed by atoms with van der Waals surface area (Å²) in [4.78, 5) is 11.5. The molecule has 1 heterocycles. The summed E-state index contributed by atoms with van der Waals surface area (Å²) >= 11 is 6.04. The van der Waals surface area contributed by atoms with Crippen LogP contribution in [0.1, 0.15) is 9.67 Å². The van der Waals surface area contributed by atoms with Gasteiger partial charge in [-0.05, 0) is 22.9 Å². The summed E-state index contributed by atoms with van der Waals surface area (Å²) < 4.78 is 22.1. The second kappa shape index (κ2) is 4.52. The van der Waals surface area contributed by atoms with Crippen molar-refractivity contribution in [2.75, 3.05) is 14.2 Å². The molecule has 1 unspecified atom stereocenters. The molecule has 0 N–H and O–H groups in total. The van der Waals surface area contributed by atoms with Crippen LogP contribution in [-0.4, -0.2) is 24.7 Å². The summed E-state index contributed by atoms with van der Waals surface area (Å²) in [6, 6.07) is 4.94. The van der Waals surface area contributed by atoms with E-state index in [1.54, 1.807) is 18.2 Å². The summed E-state index contributed by atoms with van der Waals surface area (Å²) in [7, 11) is 1.15. The number of thiophene rings is 1. The Morgan fingerprint density at radius 3 is 2.71 bits per heavy atom. The topological polar surface area (TPSA) is 58.6 Å². The molecule has 0 amide bonds. The van der Waals surface area contributed by atoms with E-state index in [1.807, 2.05) is 0 Å². The quantitative estimate of drug-likeness (QED) is 0.623. The van der Waals surface area contributed by atoms with E-state index in [1.165, 1.54) is 14.2 Å². The predicted molar refractivity (Wildman–Crippen MR) is 65.5 cm³/mol. The molecule has 0 saturated carbocycles. The maximum atomic E-state index is 12.0. The number of benzene rings is 1. The van der Waals surface area contributed by atoms with Crippen LogP contribution in [0.25, 0.3) is 10.1 Å². The minimum atomic E-state index is -1.59. The lowest BCUT2D eigenvalue weighted by atomic mass is 10.2. The number of hydrogen-bond donors (Lipinski definition) is 0. The highest BCUT2D eigenvalue weighted by molar-refractivity contribution is 7.33. The summed E-state index contributed by atoms with van der Waals surface area (Å²) in [5, 5.41) is 0.703. The standard InChI is InChI=1S/C11H9ClO4S/c1-15-6-3-4-8-7(5-6)9(12)10(17(8)14)11(13)16-2/h3-5H,1-2H3. The molecule has 0 saturated heterocycles. The molecule has 0 fully saturated rings. The van der Waals surface area contributed by atoms with Crippen molar-refractivity contribution in [3.63, 3.8) is 0 Å². The van der Waals surface area contributed by atoms with E-state index < -0.39 is 16.7 Å². The Morgan fingerprint density at radius 1 is 1.41 bits per heavy atom. The molecule has 0 aliphatic heterocycles. The van der Waals surface area contributed by atoms with Crippen molar-refractivity contribution in [3.8, 4) is 5.75 Å². The van der Waals surface area contributed by atoms with Crippen LogP contribution in [0.5, 0.6) is 5.75 Å². The third-order valence-electron chi connectivity index (χ3n) is 2.38. The van der Waals surface area contributed by atoms with Crippen LogP contribution >= 0.6 is 22.4 Å². The van der Waals surface area contributed by atoms with Gasteiger partial charge in [-0.2, -0.15) is 0 Å². The van der Waals surface area contributed by atoms with Crippen LogP contribution < -0.4 is 4.74 Å². The molecule has 2 rings (SSSR count). The minimum Gasteiger partial charge on any atom is -0.590 e. The maximum absolute atomic E-state index is 12.0. The van der Waals surface area contributed by atoms with Gasteiger partial charge in [0.25, 0.3) is 4.88 Å². The average molecular weight is 273 g/mol.